The molecule has 1 fully saturated rings. The molecular formula is C23H28N7O12P. The average molecular weight is 625 g/mol. The number of carbonyl (C=O) groups is 3. The number of allylic oxidation sites excluding steroid dienone is 2. The highest BCUT2D eigenvalue weighted by molar-refractivity contribution is 7.47. The molecule has 4 heterocycles. The van der Waals surface area contributed by atoms with E-state index in [1.165, 1.54) is 23.8 Å². The number of nitrogen functional groups attached to an aromatic ring is 1. The molecule has 19 nitrogen and oxygen atoms in total. The lowest BCUT2D eigenvalue weighted by Gasteiger charge is -2.23. The van der Waals surface area contributed by atoms with E-state index in [1.807, 2.05) is 0 Å². The van der Waals surface area contributed by atoms with Gasteiger partial charge in [-0.3, -0.25) is 23.2 Å². The summed E-state index contributed by atoms with van der Waals surface area (Å²) in [6.07, 6.45) is -7.63. The molecule has 0 radical (unpaired) electrons. The molecule has 1 aliphatic carbocycles. The van der Waals surface area contributed by atoms with Crippen LogP contribution in [0.2, 0.25) is 0 Å². The van der Waals surface area contributed by atoms with Gasteiger partial charge in [0.15, 0.2) is 6.23 Å². The first kappa shape index (κ1) is 30.5. The number of ketones is 2. The molecule has 1 saturated heterocycles. The Morgan fingerprint density at radius 3 is 2.56 bits per heavy atom. The molecule has 0 saturated carbocycles. The maximum absolute atomic E-state index is 13.1. The van der Waals surface area contributed by atoms with Crippen LogP contribution in [0.1, 0.15) is 51.4 Å². The molecule has 11 N–H and O–H groups in total. The SMILES string of the molecule is CC1=C(N)C(=O)c2c(COC(N)=O)c3n(c2C1=O)CC(N)C3OP(=O)(O)OC[C@H]1O[C@@H](n2ccc(N)nc2=O)[C@@H](O)[C@@H]1O. The number of carbonyl (C=O) groups excluding carboxylic acids is 3. The van der Waals surface area contributed by atoms with Crippen LogP contribution >= 0.6 is 7.82 Å². The highest BCUT2D eigenvalue weighted by atomic mass is 31.2. The molecule has 7 atom stereocenters. The van der Waals surface area contributed by atoms with Crippen molar-refractivity contribution in [3.8, 4) is 0 Å². The van der Waals surface area contributed by atoms with Crippen LogP contribution in [0.3, 0.4) is 0 Å². The summed E-state index contributed by atoms with van der Waals surface area (Å²) >= 11 is 0. The number of aliphatic hydroxyl groups excluding tert-OH is 2. The van der Waals surface area contributed by atoms with Gasteiger partial charge in [0, 0.05) is 23.9 Å². The third kappa shape index (κ3) is 5.25. The number of hydrogen-bond donors (Lipinski definition) is 7. The van der Waals surface area contributed by atoms with Crippen molar-refractivity contribution < 1.29 is 52.6 Å². The summed E-state index contributed by atoms with van der Waals surface area (Å²) in [6.45, 7) is -0.200. The lowest BCUT2D eigenvalue weighted by Crippen LogP contribution is -2.36. The third-order valence-corrected chi connectivity index (χ3v) is 8.33. The number of amides is 1. The van der Waals surface area contributed by atoms with Crippen molar-refractivity contribution in [2.75, 3.05) is 12.3 Å². The Hall–Kier alpha value is -3.94. The number of phosphoric acid groups is 1. The minimum absolute atomic E-state index is 0.0105. The number of rotatable bonds is 8. The van der Waals surface area contributed by atoms with E-state index in [1.54, 1.807) is 0 Å². The van der Waals surface area contributed by atoms with E-state index in [9.17, 15) is 38.8 Å². The van der Waals surface area contributed by atoms with Gasteiger partial charge >= 0.3 is 19.6 Å². The summed E-state index contributed by atoms with van der Waals surface area (Å²) in [7, 11) is -5.06. The van der Waals surface area contributed by atoms with Gasteiger partial charge in [-0.15, -0.1) is 0 Å². The number of primary amides is 1. The summed E-state index contributed by atoms with van der Waals surface area (Å²) < 4.78 is 36.1. The first-order chi connectivity index (χ1) is 20.1. The molecule has 0 spiro atoms. The maximum atomic E-state index is 13.1. The molecule has 3 unspecified atom stereocenters. The van der Waals surface area contributed by atoms with Crippen LogP contribution < -0.4 is 28.6 Å². The van der Waals surface area contributed by atoms with Gasteiger partial charge in [0.25, 0.3) is 0 Å². The number of phosphoric ester groups is 1. The normalized spacial score (nSPS) is 28.1. The highest BCUT2D eigenvalue weighted by Crippen LogP contribution is 2.52. The fourth-order valence-electron chi connectivity index (χ4n) is 5.27. The van der Waals surface area contributed by atoms with E-state index in [2.05, 4.69) is 4.98 Å². The highest BCUT2D eigenvalue weighted by Gasteiger charge is 2.48. The topological polar surface area (TPSA) is 310 Å². The Balaban J connectivity index is 1.38. The number of ether oxygens (including phenoxy) is 2. The molecule has 0 aromatic carbocycles. The average Bonchev–Trinajstić information content (AvgIpc) is 3.52. The van der Waals surface area contributed by atoms with Crippen LogP contribution in [-0.4, -0.2) is 77.8 Å². The minimum Gasteiger partial charge on any atom is -0.445 e. The standard InChI is InChI=1S/C23H28N7O12P/c1-7-13(26)18(33)12-8(5-39-22(27)35)14-20(9(24)4-30(14)15(12)16(7)31)42-43(37,38)40-6-10-17(32)19(34)21(41-10)29-3-2-11(25)28-23(29)36/h2-3,9-10,17,19-21,32,34H,4-6,24,26H2,1H3,(H2,27,35)(H,37,38)(H2,25,28,36)/t9?,10-,17-,19+,20?,21-/m1/s1. The van der Waals surface area contributed by atoms with Gasteiger partial charge in [0.2, 0.25) is 11.6 Å². The van der Waals surface area contributed by atoms with Crippen LogP contribution in [0, 0.1) is 0 Å². The number of aliphatic hydroxyl groups is 2. The van der Waals surface area contributed by atoms with E-state index in [-0.39, 0.29) is 46.1 Å². The van der Waals surface area contributed by atoms with Gasteiger partial charge in [-0.05, 0) is 13.0 Å². The van der Waals surface area contributed by atoms with Crippen molar-refractivity contribution in [2.24, 2.45) is 17.2 Å². The van der Waals surface area contributed by atoms with Gasteiger partial charge in [-0.2, -0.15) is 4.98 Å². The first-order valence-corrected chi connectivity index (χ1v) is 14.1. The quantitative estimate of drug-likeness (QED) is 0.151. The molecule has 20 heteroatoms. The van der Waals surface area contributed by atoms with Crippen molar-refractivity contribution in [1.82, 2.24) is 14.1 Å². The first-order valence-electron chi connectivity index (χ1n) is 12.6. The largest absolute Gasteiger partial charge is 0.472 e. The van der Waals surface area contributed by atoms with E-state index < -0.39 is 81.1 Å². The number of aromatic nitrogens is 3. The zero-order chi connectivity index (χ0) is 31.5. The number of anilines is 1. The van der Waals surface area contributed by atoms with Crippen molar-refractivity contribution in [2.45, 2.75) is 56.8 Å². The van der Waals surface area contributed by atoms with Crippen molar-refractivity contribution in [1.29, 1.82) is 0 Å². The number of nitrogens with two attached hydrogens (primary N) is 4. The van der Waals surface area contributed by atoms with Gasteiger partial charge < -0.3 is 52.1 Å². The molecule has 2 aromatic rings. The summed E-state index contributed by atoms with van der Waals surface area (Å²) in [5.41, 5.74) is 21.0. The second kappa shape index (κ2) is 11.0. The number of fused-ring (bicyclic) bond motifs is 3. The van der Waals surface area contributed by atoms with Crippen molar-refractivity contribution >= 4 is 31.3 Å². The predicted octanol–water partition coefficient (Wildman–Crippen LogP) is -2.33. The van der Waals surface area contributed by atoms with Gasteiger partial charge in [0.1, 0.15) is 42.5 Å². The minimum atomic E-state index is -5.06. The Bertz CT molecular complexity index is 1670. The lowest BCUT2D eigenvalue weighted by atomic mass is 9.89. The Morgan fingerprint density at radius 1 is 1.21 bits per heavy atom. The van der Waals surface area contributed by atoms with Crippen molar-refractivity contribution in [3.63, 3.8) is 0 Å². The van der Waals surface area contributed by atoms with E-state index >= 15 is 0 Å². The number of nitrogens with zero attached hydrogens (tertiary/aromatic N) is 3. The molecular weight excluding hydrogens is 597 g/mol. The van der Waals surface area contributed by atoms with Crippen LogP contribution in [0.15, 0.2) is 28.3 Å². The Labute approximate surface area is 241 Å². The van der Waals surface area contributed by atoms with Crippen LogP contribution in [0.5, 0.6) is 0 Å². The third-order valence-electron chi connectivity index (χ3n) is 7.36. The van der Waals surface area contributed by atoms with Crippen molar-refractivity contribution in [3.05, 3.63) is 56.5 Å². The molecule has 1 amide bonds. The predicted molar refractivity (Wildman–Crippen MR) is 141 cm³/mol. The van der Waals surface area contributed by atoms with Crippen LogP contribution in [-0.2, 0) is 36.2 Å². The summed E-state index contributed by atoms with van der Waals surface area (Å²) in [5, 5.41) is 20.8. The zero-order valence-corrected chi connectivity index (χ0v) is 23.2. The van der Waals surface area contributed by atoms with E-state index in [4.69, 9.17) is 41.5 Å². The smallest absolute Gasteiger partial charge is 0.445 e. The summed E-state index contributed by atoms with van der Waals surface area (Å²) in [5.74, 6) is -1.42. The molecule has 43 heavy (non-hydrogen) atoms. The van der Waals surface area contributed by atoms with Gasteiger partial charge in [-0.25, -0.2) is 14.2 Å². The maximum Gasteiger partial charge on any atom is 0.472 e. The van der Waals surface area contributed by atoms with Gasteiger partial charge in [0.05, 0.1) is 29.6 Å². The molecule has 0 bridgehead atoms. The lowest BCUT2D eigenvalue weighted by molar-refractivity contribution is -0.0563. The molecule has 3 aliphatic rings. The van der Waals surface area contributed by atoms with Gasteiger partial charge in [-0.1, -0.05) is 0 Å². The summed E-state index contributed by atoms with van der Waals surface area (Å²) in [4.78, 5) is 63.8. The zero-order valence-electron chi connectivity index (χ0n) is 22.4. The number of Topliss-reactive ketones (excluding diaryl/α,β-unsaturated/α-hetero) is 2. The Kier molecular flexibility index (Phi) is 7.78. The number of hydrogen-bond acceptors (Lipinski definition) is 15. The molecule has 2 aliphatic heterocycles. The second-order valence-corrected chi connectivity index (χ2v) is 11.5. The fraction of sp³-hybridized carbons (Fsp3) is 0.435. The van der Waals surface area contributed by atoms with E-state index in [0.717, 1.165) is 4.57 Å². The molecule has 5 rings (SSSR count). The molecule has 2 aromatic heterocycles. The summed E-state index contributed by atoms with van der Waals surface area (Å²) in [6, 6.07) is 0.213. The molecule has 232 valence electrons. The second-order valence-electron chi connectivity index (χ2n) is 10.0. The Morgan fingerprint density at radius 2 is 1.91 bits per heavy atom. The monoisotopic (exact) mass is 625 g/mol. The van der Waals surface area contributed by atoms with E-state index in [0.29, 0.717) is 0 Å². The fourth-order valence-corrected chi connectivity index (χ4v) is 6.21. The van der Waals surface area contributed by atoms with Crippen LogP contribution in [0.4, 0.5) is 10.6 Å². The van der Waals surface area contributed by atoms with Crippen LogP contribution in [0.25, 0.3) is 0 Å².